The molecule has 1 aromatic rings. The molecule has 0 amide bonds. The zero-order chi connectivity index (χ0) is 11.5. The maximum absolute atomic E-state index is 12.8. The minimum atomic E-state index is -0.281. The molecule has 88 valence electrons. The lowest BCUT2D eigenvalue weighted by atomic mass is 10.1. The van der Waals surface area contributed by atoms with Crippen LogP contribution in [0.4, 0.5) is 4.39 Å². The van der Waals surface area contributed by atoms with Crippen LogP contribution < -0.4 is 5.73 Å². The van der Waals surface area contributed by atoms with E-state index < -0.39 is 0 Å². The Hall–Kier alpha value is -1.00. The topological polar surface area (TPSA) is 42.2 Å². The third-order valence-electron chi connectivity index (χ3n) is 3.18. The number of nitrogens with zero attached hydrogens (tertiary/aromatic N) is 2. The van der Waals surface area contributed by atoms with Gasteiger partial charge in [-0.15, -0.1) is 0 Å². The first kappa shape index (κ1) is 11.5. The molecule has 2 rings (SSSR count). The van der Waals surface area contributed by atoms with Crippen molar-refractivity contribution in [1.29, 1.82) is 0 Å². The summed E-state index contributed by atoms with van der Waals surface area (Å²) >= 11 is 0. The van der Waals surface area contributed by atoms with Gasteiger partial charge in [-0.05, 0) is 25.0 Å². The molecule has 16 heavy (non-hydrogen) atoms. The van der Waals surface area contributed by atoms with E-state index in [1.165, 1.54) is 12.3 Å². The second-order valence-electron chi connectivity index (χ2n) is 4.37. The number of aromatic nitrogens is 1. The molecule has 0 aliphatic carbocycles. The van der Waals surface area contributed by atoms with Crippen molar-refractivity contribution in [3.05, 3.63) is 29.8 Å². The molecule has 0 aromatic carbocycles. The molecule has 0 bridgehead atoms. The van der Waals surface area contributed by atoms with Gasteiger partial charge in [0.05, 0.1) is 17.9 Å². The van der Waals surface area contributed by atoms with E-state index in [0.717, 1.165) is 31.6 Å². The Morgan fingerprint density at radius 1 is 1.62 bits per heavy atom. The molecule has 1 fully saturated rings. The summed E-state index contributed by atoms with van der Waals surface area (Å²) in [5.74, 6) is -0.281. The van der Waals surface area contributed by atoms with Gasteiger partial charge < -0.3 is 5.73 Å². The summed E-state index contributed by atoms with van der Waals surface area (Å²) in [6, 6.07) is 3.79. The van der Waals surface area contributed by atoms with Crippen LogP contribution in [0.25, 0.3) is 0 Å². The lowest BCUT2D eigenvalue weighted by Crippen LogP contribution is -2.30. The molecule has 2 heterocycles. The molecular formula is C12H18FN3. The Morgan fingerprint density at radius 2 is 2.44 bits per heavy atom. The van der Waals surface area contributed by atoms with E-state index in [0.29, 0.717) is 0 Å². The van der Waals surface area contributed by atoms with Gasteiger partial charge in [0, 0.05) is 19.1 Å². The summed E-state index contributed by atoms with van der Waals surface area (Å²) in [5, 5.41) is 0. The van der Waals surface area contributed by atoms with Crippen LogP contribution >= 0.6 is 0 Å². The van der Waals surface area contributed by atoms with Crippen LogP contribution in [0.2, 0.25) is 0 Å². The highest BCUT2D eigenvalue weighted by Gasteiger charge is 2.26. The van der Waals surface area contributed by atoms with E-state index in [4.69, 9.17) is 5.73 Å². The number of hydrogen-bond donors (Lipinski definition) is 1. The molecule has 2 atom stereocenters. The number of pyridine rings is 1. The first-order valence-corrected chi connectivity index (χ1v) is 5.81. The minimum absolute atomic E-state index is 0.272. The van der Waals surface area contributed by atoms with Crippen molar-refractivity contribution in [2.45, 2.75) is 31.8 Å². The predicted molar refractivity (Wildman–Crippen MR) is 61.4 cm³/mol. The number of likely N-dealkylation sites (tertiary alicyclic amines) is 1. The fourth-order valence-corrected chi connectivity index (χ4v) is 2.34. The Morgan fingerprint density at radius 3 is 2.94 bits per heavy atom. The quantitative estimate of drug-likeness (QED) is 0.848. The first-order valence-electron chi connectivity index (χ1n) is 5.81. The third-order valence-corrected chi connectivity index (χ3v) is 3.18. The van der Waals surface area contributed by atoms with Crippen LogP contribution in [-0.4, -0.2) is 29.0 Å². The summed E-state index contributed by atoms with van der Waals surface area (Å²) < 4.78 is 12.8. The molecular weight excluding hydrogens is 205 g/mol. The van der Waals surface area contributed by atoms with Crippen molar-refractivity contribution >= 4 is 0 Å². The fourth-order valence-electron chi connectivity index (χ4n) is 2.34. The van der Waals surface area contributed by atoms with Crippen molar-refractivity contribution in [1.82, 2.24) is 9.88 Å². The van der Waals surface area contributed by atoms with Gasteiger partial charge in [-0.2, -0.15) is 0 Å². The van der Waals surface area contributed by atoms with Crippen LogP contribution in [0, 0.1) is 5.82 Å². The van der Waals surface area contributed by atoms with Crippen LogP contribution in [0.1, 0.15) is 31.5 Å². The minimum Gasteiger partial charge on any atom is -0.326 e. The Labute approximate surface area is 95.5 Å². The average molecular weight is 223 g/mol. The average Bonchev–Trinajstić information content (AvgIpc) is 2.69. The van der Waals surface area contributed by atoms with Crippen molar-refractivity contribution in [2.75, 3.05) is 13.1 Å². The van der Waals surface area contributed by atoms with Gasteiger partial charge in [0.2, 0.25) is 0 Å². The summed E-state index contributed by atoms with van der Waals surface area (Å²) in [5.41, 5.74) is 6.84. The zero-order valence-corrected chi connectivity index (χ0v) is 9.56. The highest BCUT2D eigenvalue weighted by Crippen LogP contribution is 2.26. The SMILES string of the molecule is CCC(c1ccc(F)cn1)N1CCC(N)C1. The summed E-state index contributed by atoms with van der Waals surface area (Å²) in [4.78, 5) is 6.50. The monoisotopic (exact) mass is 223 g/mol. The molecule has 2 unspecified atom stereocenters. The summed E-state index contributed by atoms with van der Waals surface area (Å²) in [6.45, 7) is 4.05. The second-order valence-corrected chi connectivity index (χ2v) is 4.37. The molecule has 0 spiro atoms. The van der Waals surface area contributed by atoms with Crippen LogP contribution in [0.15, 0.2) is 18.3 Å². The smallest absolute Gasteiger partial charge is 0.141 e. The van der Waals surface area contributed by atoms with Crippen LogP contribution in [0.3, 0.4) is 0 Å². The Bertz CT molecular complexity index is 339. The van der Waals surface area contributed by atoms with Gasteiger partial charge in [0.1, 0.15) is 5.82 Å². The van der Waals surface area contributed by atoms with Crippen molar-refractivity contribution < 1.29 is 4.39 Å². The molecule has 1 saturated heterocycles. The van der Waals surface area contributed by atoms with Crippen LogP contribution in [-0.2, 0) is 0 Å². The normalized spacial score (nSPS) is 23.6. The standard InChI is InChI=1S/C12H18FN3/c1-2-12(16-6-5-10(14)8-16)11-4-3-9(13)7-15-11/h3-4,7,10,12H,2,5-6,8,14H2,1H3. The molecule has 3 nitrogen and oxygen atoms in total. The van der Waals surface area contributed by atoms with E-state index in [1.54, 1.807) is 6.07 Å². The number of halogens is 1. The van der Waals surface area contributed by atoms with Crippen molar-refractivity contribution in [3.63, 3.8) is 0 Å². The Balaban J connectivity index is 2.13. The fraction of sp³-hybridized carbons (Fsp3) is 0.583. The van der Waals surface area contributed by atoms with Crippen molar-refractivity contribution in [2.24, 2.45) is 5.73 Å². The second kappa shape index (κ2) is 4.89. The maximum atomic E-state index is 12.8. The molecule has 1 aromatic heterocycles. The number of hydrogen-bond acceptors (Lipinski definition) is 3. The summed E-state index contributed by atoms with van der Waals surface area (Å²) in [6.07, 6.45) is 3.30. The molecule has 0 radical (unpaired) electrons. The van der Waals surface area contributed by atoms with Gasteiger partial charge in [0.25, 0.3) is 0 Å². The largest absolute Gasteiger partial charge is 0.326 e. The zero-order valence-electron chi connectivity index (χ0n) is 9.56. The van der Waals surface area contributed by atoms with Gasteiger partial charge in [-0.1, -0.05) is 6.92 Å². The van der Waals surface area contributed by atoms with Gasteiger partial charge >= 0.3 is 0 Å². The lowest BCUT2D eigenvalue weighted by Gasteiger charge is -2.26. The molecule has 1 aliphatic rings. The van der Waals surface area contributed by atoms with E-state index in [2.05, 4.69) is 16.8 Å². The van der Waals surface area contributed by atoms with Gasteiger partial charge in [-0.25, -0.2) is 4.39 Å². The molecule has 0 saturated carbocycles. The van der Waals surface area contributed by atoms with Crippen molar-refractivity contribution in [3.8, 4) is 0 Å². The highest BCUT2D eigenvalue weighted by molar-refractivity contribution is 5.10. The van der Waals surface area contributed by atoms with E-state index >= 15 is 0 Å². The van der Waals surface area contributed by atoms with Gasteiger partial charge in [-0.3, -0.25) is 9.88 Å². The summed E-state index contributed by atoms with van der Waals surface area (Å²) in [7, 11) is 0. The van der Waals surface area contributed by atoms with E-state index in [9.17, 15) is 4.39 Å². The molecule has 1 aliphatic heterocycles. The van der Waals surface area contributed by atoms with Crippen LogP contribution in [0.5, 0.6) is 0 Å². The maximum Gasteiger partial charge on any atom is 0.141 e. The third kappa shape index (κ3) is 2.39. The number of rotatable bonds is 3. The van der Waals surface area contributed by atoms with E-state index in [-0.39, 0.29) is 17.9 Å². The highest BCUT2D eigenvalue weighted by atomic mass is 19.1. The molecule has 4 heteroatoms. The predicted octanol–water partition coefficient (Wildman–Crippen LogP) is 1.70. The first-order chi connectivity index (χ1) is 7.70. The van der Waals surface area contributed by atoms with Gasteiger partial charge in [0.15, 0.2) is 0 Å². The number of nitrogens with two attached hydrogens (primary N) is 1. The lowest BCUT2D eigenvalue weighted by molar-refractivity contribution is 0.232. The van der Waals surface area contributed by atoms with E-state index in [1.807, 2.05) is 0 Å². The molecule has 2 N–H and O–H groups in total. The Kier molecular flexibility index (Phi) is 3.51.